The average molecular weight is 133 g/mol. The van der Waals surface area contributed by atoms with E-state index in [1.807, 2.05) is 38.2 Å². The first-order chi connectivity index (χ1) is 4.72. The molecule has 1 aliphatic rings. The molecule has 1 nitrogen and oxygen atoms in total. The quantitative estimate of drug-likeness (QED) is 0.525. The molecular formula is C9H11N. The van der Waals surface area contributed by atoms with Crippen molar-refractivity contribution in [3.8, 4) is 0 Å². The third-order valence-electron chi connectivity index (χ3n) is 1.47. The van der Waals surface area contributed by atoms with Crippen LogP contribution in [-0.2, 0) is 0 Å². The molecule has 0 saturated heterocycles. The number of nitrogens with one attached hydrogen (secondary N) is 1. The summed E-state index contributed by atoms with van der Waals surface area (Å²) in [6.45, 7) is 4.04. The van der Waals surface area contributed by atoms with Crippen molar-refractivity contribution in [2.24, 2.45) is 0 Å². The van der Waals surface area contributed by atoms with Crippen LogP contribution in [0.2, 0.25) is 0 Å². The van der Waals surface area contributed by atoms with Gasteiger partial charge in [0.2, 0.25) is 0 Å². The summed E-state index contributed by atoms with van der Waals surface area (Å²) in [5.74, 6) is 0. The van der Waals surface area contributed by atoms with Crippen molar-refractivity contribution >= 4 is 5.71 Å². The van der Waals surface area contributed by atoms with E-state index in [0.29, 0.717) is 5.71 Å². The summed E-state index contributed by atoms with van der Waals surface area (Å²) in [5, 5.41) is 7.48. The molecule has 1 heteroatoms. The zero-order chi connectivity index (χ0) is 7.56. The van der Waals surface area contributed by atoms with Crippen LogP contribution in [0.15, 0.2) is 35.5 Å². The van der Waals surface area contributed by atoms with Gasteiger partial charge in [-0.2, -0.15) is 0 Å². The maximum Gasteiger partial charge on any atom is 0.0611 e. The van der Waals surface area contributed by atoms with E-state index in [-0.39, 0.29) is 0 Å². The van der Waals surface area contributed by atoms with E-state index in [1.165, 1.54) is 5.57 Å². The molecule has 0 amide bonds. The van der Waals surface area contributed by atoms with Crippen molar-refractivity contribution in [3.05, 3.63) is 35.5 Å². The van der Waals surface area contributed by atoms with Crippen LogP contribution in [-0.4, -0.2) is 5.71 Å². The Bertz CT molecular complexity index is 237. The third kappa shape index (κ3) is 1.24. The summed E-state index contributed by atoms with van der Waals surface area (Å²) in [7, 11) is 0. The standard InChI is InChI=1S/C9H11N/c1-7(2)8-5-3-4-6-9(8)10/h3-6,10H,1-2H3. The second-order valence-electron chi connectivity index (χ2n) is 2.55. The number of allylic oxidation sites excluding steroid dienone is 6. The Morgan fingerprint density at radius 1 is 1.20 bits per heavy atom. The maximum absolute atomic E-state index is 7.48. The molecule has 0 aromatic rings. The summed E-state index contributed by atoms with van der Waals surface area (Å²) >= 11 is 0. The predicted molar refractivity (Wildman–Crippen MR) is 44.4 cm³/mol. The number of hydrogen-bond acceptors (Lipinski definition) is 1. The fraction of sp³-hybridized carbons (Fsp3) is 0.222. The first kappa shape index (κ1) is 7.00. The fourth-order valence-corrected chi connectivity index (χ4v) is 0.919. The lowest BCUT2D eigenvalue weighted by Crippen LogP contribution is -1.98. The van der Waals surface area contributed by atoms with Gasteiger partial charge in [-0.25, -0.2) is 0 Å². The highest BCUT2D eigenvalue weighted by Crippen LogP contribution is 2.11. The van der Waals surface area contributed by atoms with Crippen LogP contribution in [0.4, 0.5) is 0 Å². The molecule has 0 aliphatic heterocycles. The normalized spacial score (nSPS) is 16.2. The lowest BCUT2D eigenvalue weighted by molar-refractivity contribution is 1.34. The zero-order valence-corrected chi connectivity index (χ0v) is 6.31. The first-order valence-electron chi connectivity index (χ1n) is 3.33. The molecule has 0 heterocycles. The Kier molecular flexibility index (Phi) is 1.86. The molecule has 0 spiro atoms. The van der Waals surface area contributed by atoms with Crippen LogP contribution in [0, 0.1) is 5.41 Å². The molecule has 1 aliphatic carbocycles. The molecule has 10 heavy (non-hydrogen) atoms. The number of hydrogen-bond donors (Lipinski definition) is 1. The highest BCUT2D eigenvalue weighted by Gasteiger charge is 2.01. The largest absolute Gasteiger partial charge is 0.300 e. The van der Waals surface area contributed by atoms with Crippen LogP contribution in [0.5, 0.6) is 0 Å². The van der Waals surface area contributed by atoms with Gasteiger partial charge in [0.25, 0.3) is 0 Å². The van der Waals surface area contributed by atoms with Crippen LogP contribution in [0.25, 0.3) is 0 Å². The van der Waals surface area contributed by atoms with Gasteiger partial charge in [0, 0.05) is 0 Å². The Balaban J connectivity index is 3.02. The molecule has 0 fully saturated rings. The van der Waals surface area contributed by atoms with Crippen molar-refractivity contribution < 1.29 is 0 Å². The summed E-state index contributed by atoms with van der Waals surface area (Å²) < 4.78 is 0. The van der Waals surface area contributed by atoms with Gasteiger partial charge < -0.3 is 5.41 Å². The Morgan fingerprint density at radius 3 is 2.20 bits per heavy atom. The molecule has 0 atom stereocenters. The molecule has 0 saturated carbocycles. The van der Waals surface area contributed by atoms with Gasteiger partial charge in [0.15, 0.2) is 0 Å². The second kappa shape index (κ2) is 2.65. The topological polar surface area (TPSA) is 23.9 Å². The Morgan fingerprint density at radius 2 is 1.80 bits per heavy atom. The van der Waals surface area contributed by atoms with Gasteiger partial charge in [0.1, 0.15) is 0 Å². The molecule has 0 radical (unpaired) electrons. The van der Waals surface area contributed by atoms with Crippen molar-refractivity contribution in [2.45, 2.75) is 13.8 Å². The van der Waals surface area contributed by atoms with Crippen LogP contribution in [0.3, 0.4) is 0 Å². The Labute approximate surface area is 61.3 Å². The number of rotatable bonds is 0. The fourth-order valence-electron chi connectivity index (χ4n) is 0.919. The van der Waals surface area contributed by atoms with E-state index in [9.17, 15) is 0 Å². The third-order valence-corrected chi connectivity index (χ3v) is 1.47. The minimum atomic E-state index is 0.613. The molecule has 0 unspecified atom stereocenters. The zero-order valence-electron chi connectivity index (χ0n) is 6.31. The lowest BCUT2D eigenvalue weighted by Gasteiger charge is -2.05. The van der Waals surface area contributed by atoms with E-state index in [4.69, 9.17) is 5.41 Å². The van der Waals surface area contributed by atoms with Crippen molar-refractivity contribution in [1.29, 1.82) is 5.41 Å². The highest BCUT2D eigenvalue weighted by molar-refractivity contribution is 6.09. The Hall–Kier alpha value is -1.11. The summed E-state index contributed by atoms with van der Waals surface area (Å²) in [5.41, 5.74) is 2.86. The summed E-state index contributed by atoms with van der Waals surface area (Å²) in [4.78, 5) is 0. The van der Waals surface area contributed by atoms with Crippen molar-refractivity contribution in [1.82, 2.24) is 0 Å². The second-order valence-corrected chi connectivity index (χ2v) is 2.55. The molecule has 0 aromatic carbocycles. The van der Waals surface area contributed by atoms with Gasteiger partial charge in [-0.05, 0) is 25.5 Å². The summed E-state index contributed by atoms with van der Waals surface area (Å²) in [6, 6.07) is 0. The molecule has 0 aromatic heterocycles. The van der Waals surface area contributed by atoms with E-state index >= 15 is 0 Å². The molecular weight excluding hydrogens is 122 g/mol. The van der Waals surface area contributed by atoms with E-state index in [1.54, 1.807) is 0 Å². The molecule has 0 bridgehead atoms. The highest BCUT2D eigenvalue weighted by atomic mass is 14.4. The minimum absolute atomic E-state index is 0.613. The smallest absolute Gasteiger partial charge is 0.0611 e. The van der Waals surface area contributed by atoms with Crippen LogP contribution in [0.1, 0.15) is 13.8 Å². The summed E-state index contributed by atoms with van der Waals surface area (Å²) in [6.07, 6.45) is 7.62. The molecule has 52 valence electrons. The van der Waals surface area contributed by atoms with Gasteiger partial charge >= 0.3 is 0 Å². The first-order valence-corrected chi connectivity index (χ1v) is 3.33. The van der Waals surface area contributed by atoms with Gasteiger partial charge in [-0.15, -0.1) is 0 Å². The van der Waals surface area contributed by atoms with E-state index in [2.05, 4.69) is 0 Å². The van der Waals surface area contributed by atoms with Crippen molar-refractivity contribution in [2.75, 3.05) is 0 Å². The lowest BCUT2D eigenvalue weighted by atomic mass is 10.0. The average Bonchev–Trinajstić information content (AvgIpc) is 1.88. The minimum Gasteiger partial charge on any atom is -0.300 e. The van der Waals surface area contributed by atoms with Gasteiger partial charge in [0.05, 0.1) is 5.71 Å². The molecule has 1 N–H and O–H groups in total. The maximum atomic E-state index is 7.48. The van der Waals surface area contributed by atoms with Gasteiger partial charge in [-0.3, -0.25) is 0 Å². The molecule has 1 rings (SSSR count). The van der Waals surface area contributed by atoms with Crippen molar-refractivity contribution in [3.63, 3.8) is 0 Å². The predicted octanol–water partition coefficient (Wildman–Crippen LogP) is 2.47. The SMILES string of the molecule is CC(C)=C1C=CC=CC1=N. The van der Waals surface area contributed by atoms with Crippen LogP contribution < -0.4 is 0 Å². The van der Waals surface area contributed by atoms with Gasteiger partial charge in [-0.1, -0.05) is 23.8 Å². The monoisotopic (exact) mass is 133 g/mol. The van der Waals surface area contributed by atoms with E-state index < -0.39 is 0 Å². The van der Waals surface area contributed by atoms with E-state index in [0.717, 1.165) is 5.57 Å². The van der Waals surface area contributed by atoms with Crippen LogP contribution >= 0.6 is 0 Å².